The molecule has 0 saturated heterocycles. The minimum atomic E-state index is -4.26. The van der Waals surface area contributed by atoms with Crippen molar-refractivity contribution in [1.29, 1.82) is 0 Å². The van der Waals surface area contributed by atoms with Crippen LogP contribution in [0.4, 0.5) is 18.9 Å². The normalized spacial score (nSPS) is 10.3. The molecule has 0 fully saturated rings. The maximum absolute atomic E-state index is 12.2. The highest BCUT2D eigenvalue weighted by Crippen LogP contribution is 2.30. The van der Waals surface area contributed by atoms with Crippen molar-refractivity contribution in [2.24, 2.45) is 0 Å². The molecule has 0 spiro atoms. The van der Waals surface area contributed by atoms with Crippen molar-refractivity contribution in [3.05, 3.63) is 29.8 Å². The Morgan fingerprint density at radius 2 is 1.60 bits per heavy atom. The van der Waals surface area contributed by atoms with Gasteiger partial charge in [-0.25, -0.2) is 0 Å². The SMILES string of the molecule is CC.CN(C)c1cccc(C(F)(F)F)c1. The molecule has 0 N–H and O–H groups in total. The monoisotopic (exact) mass is 219 g/mol. The molecule has 4 heteroatoms. The lowest BCUT2D eigenvalue weighted by atomic mass is 10.2. The van der Waals surface area contributed by atoms with E-state index in [9.17, 15) is 13.2 Å². The first kappa shape index (κ1) is 13.8. The second kappa shape index (κ2) is 5.63. The third-order valence-corrected chi connectivity index (χ3v) is 1.69. The van der Waals surface area contributed by atoms with Crippen molar-refractivity contribution in [2.75, 3.05) is 19.0 Å². The standard InChI is InChI=1S/C9H10F3N.C2H6/c1-13(2)8-5-3-4-7(6-8)9(10,11)12;1-2/h3-6H,1-2H3;1-2H3. The number of benzene rings is 1. The van der Waals surface area contributed by atoms with E-state index in [0.717, 1.165) is 12.1 Å². The predicted octanol–water partition coefficient (Wildman–Crippen LogP) is 3.80. The van der Waals surface area contributed by atoms with E-state index in [-0.39, 0.29) is 0 Å². The molecule has 1 nitrogen and oxygen atoms in total. The van der Waals surface area contributed by atoms with Gasteiger partial charge >= 0.3 is 6.18 Å². The summed E-state index contributed by atoms with van der Waals surface area (Å²) < 4.78 is 36.6. The van der Waals surface area contributed by atoms with E-state index in [1.807, 2.05) is 13.8 Å². The van der Waals surface area contributed by atoms with E-state index in [4.69, 9.17) is 0 Å². The zero-order valence-corrected chi connectivity index (χ0v) is 9.39. The minimum Gasteiger partial charge on any atom is -0.378 e. The molecule has 0 aliphatic heterocycles. The average Bonchev–Trinajstić information content (AvgIpc) is 2.20. The molecule has 0 bridgehead atoms. The maximum Gasteiger partial charge on any atom is 0.416 e. The topological polar surface area (TPSA) is 3.24 Å². The van der Waals surface area contributed by atoms with E-state index >= 15 is 0 Å². The Morgan fingerprint density at radius 1 is 1.07 bits per heavy atom. The highest BCUT2D eigenvalue weighted by Gasteiger charge is 2.30. The van der Waals surface area contributed by atoms with Gasteiger partial charge in [0.15, 0.2) is 0 Å². The van der Waals surface area contributed by atoms with Crippen LogP contribution >= 0.6 is 0 Å². The van der Waals surface area contributed by atoms with Crippen LogP contribution in [0.2, 0.25) is 0 Å². The van der Waals surface area contributed by atoms with Gasteiger partial charge in [0.2, 0.25) is 0 Å². The molecular formula is C11H16F3N. The van der Waals surface area contributed by atoms with Gasteiger partial charge in [0.1, 0.15) is 0 Å². The molecule has 0 aromatic heterocycles. The summed E-state index contributed by atoms with van der Waals surface area (Å²) in [6.07, 6.45) is -4.26. The number of nitrogens with zero attached hydrogens (tertiary/aromatic N) is 1. The second-order valence-corrected chi connectivity index (χ2v) is 2.94. The molecule has 0 unspecified atom stereocenters. The van der Waals surface area contributed by atoms with Crippen LogP contribution in [0, 0.1) is 0 Å². The van der Waals surface area contributed by atoms with Crippen molar-refractivity contribution in [3.63, 3.8) is 0 Å². The van der Waals surface area contributed by atoms with Gasteiger partial charge in [0.05, 0.1) is 5.56 Å². The molecule has 0 radical (unpaired) electrons. The second-order valence-electron chi connectivity index (χ2n) is 2.94. The van der Waals surface area contributed by atoms with E-state index in [1.54, 1.807) is 25.1 Å². The van der Waals surface area contributed by atoms with Crippen LogP contribution in [0.5, 0.6) is 0 Å². The molecule has 0 atom stereocenters. The van der Waals surface area contributed by atoms with Gasteiger partial charge in [-0.05, 0) is 18.2 Å². The number of anilines is 1. The maximum atomic E-state index is 12.2. The zero-order chi connectivity index (χ0) is 12.1. The summed E-state index contributed by atoms with van der Waals surface area (Å²) in [5.41, 5.74) is -0.0616. The van der Waals surface area contributed by atoms with Gasteiger partial charge < -0.3 is 4.90 Å². The first-order valence-electron chi connectivity index (χ1n) is 4.76. The molecule has 0 heterocycles. The van der Waals surface area contributed by atoms with Gasteiger partial charge in [0, 0.05) is 19.8 Å². The zero-order valence-electron chi connectivity index (χ0n) is 9.39. The fraction of sp³-hybridized carbons (Fsp3) is 0.455. The van der Waals surface area contributed by atoms with Crippen molar-refractivity contribution in [1.82, 2.24) is 0 Å². The number of hydrogen-bond acceptors (Lipinski definition) is 1. The Bertz CT molecular complexity index is 292. The van der Waals surface area contributed by atoms with Gasteiger partial charge in [-0.1, -0.05) is 19.9 Å². The Hall–Kier alpha value is -1.19. The average molecular weight is 219 g/mol. The fourth-order valence-electron chi connectivity index (χ4n) is 0.960. The summed E-state index contributed by atoms with van der Waals surface area (Å²) in [5.74, 6) is 0. The first-order chi connectivity index (χ1) is 6.91. The number of alkyl halides is 3. The molecule has 0 aliphatic rings. The Balaban J connectivity index is 0.000000921. The number of hydrogen-bond donors (Lipinski definition) is 0. The molecule has 0 amide bonds. The minimum absolute atomic E-state index is 0.551. The van der Waals surface area contributed by atoms with Gasteiger partial charge in [-0.15, -0.1) is 0 Å². The molecule has 15 heavy (non-hydrogen) atoms. The smallest absolute Gasteiger partial charge is 0.378 e. The number of halogens is 3. The van der Waals surface area contributed by atoms with E-state index in [1.165, 1.54) is 6.07 Å². The largest absolute Gasteiger partial charge is 0.416 e. The summed E-state index contributed by atoms with van der Waals surface area (Å²) in [6.45, 7) is 4.00. The Labute approximate surface area is 88.5 Å². The molecular weight excluding hydrogens is 203 g/mol. The molecule has 0 aliphatic carbocycles. The predicted molar refractivity (Wildman–Crippen MR) is 57.1 cm³/mol. The van der Waals surface area contributed by atoms with Crippen LogP contribution in [0.1, 0.15) is 19.4 Å². The van der Waals surface area contributed by atoms with Crippen molar-refractivity contribution in [2.45, 2.75) is 20.0 Å². The fourth-order valence-corrected chi connectivity index (χ4v) is 0.960. The van der Waals surface area contributed by atoms with E-state index < -0.39 is 11.7 Å². The summed E-state index contributed by atoms with van der Waals surface area (Å²) in [7, 11) is 3.41. The van der Waals surface area contributed by atoms with Gasteiger partial charge in [-0.3, -0.25) is 0 Å². The van der Waals surface area contributed by atoms with E-state index in [0.29, 0.717) is 5.69 Å². The highest BCUT2D eigenvalue weighted by molar-refractivity contribution is 5.47. The van der Waals surface area contributed by atoms with Crippen LogP contribution in [0.25, 0.3) is 0 Å². The first-order valence-corrected chi connectivity index (χ1v) is 4.76. The summed E-state index contributed by atoms with van der Waals surface area (Å²) >= 11 is 0. The Morgan fingerprint density at radius 3 is 2.00 bits per heavy atom. The van der Waals surface area contributed by atoms with Crippen LogP contribution in [0.15, 0.2) is 24.3 Å². The van der Waals surface area contributed by atoms with Crippen molar-refractivity contribution >= 4 is 5.69 Å². The molecule has 1 aromatic carbocycles. The van der Waals surface area contributed by atoms with Crippen molar-refractivity contribution in [3.8, 4) is 0 Å². The van der Waals surface area contributed by atoms with Gasteiger partial charge in [0.25, 0.3) is 0 Å². The van der Waals surface area contributed by atoms with Crippen LogP contribution in [-0.2, 0) is 6.18 Å². The quantitative estimate of drug-likeness (QED) is 0.694. The third kappa shape index (κ3) is 4.23. The van der Waals surface area contributed by atoms with E-state index in [2.05, 4.69) is 0 Å². The summed E-state index contributed by atoms with van der Waals surface area (Å²) in [6, 6.07) is 5.22. The Kier molecular flexibility index (Phi) is 5.19. The highest BCUT2D eigenvalue weighted by atomic mass is 19.4. The molecule has 1 rings (SSSR count). The van der Waals surface area contributed by atoms with Crippen LogP contribution < -0.4 is 4.90 Å². The lowest BCUT2D eigenvalue weighted by Gasteiger charge is -2.14. The van der Waals surface area contributed by atoms with Crippen LogP contribution in [0.3, 0.4) is 0 Å². The lowest BCUT2D eigenvalue weighted by Crippen LogP contribution is -2.11. The van der Waals surface area contributed by atoms with Gasteiger partial charge in [-0.2, -0.15) is 13.2 Å². The summed E-state index contributed by atoms with van der Waals surface area (Å²) in [5, 5.41) is 0. The molecule has 1 aromatic rings. The molecule has 0 saturated carbocycles. The third-order valence-electron chi connectivity index (χ3n) is 1.69. The molecule has 86 valence electrons. The van der Waals surface area contributed by atoms with Crippen LogP contribution in [-0.4, -0.2) is 14.1 Å². The number of rotatable bonds is 1. The summed E-state index contributed by atoms with van der Waals surface area (Å²) in [4.78, 5) is 1.63. The lowest BCUT2D eigenvalue weighted by molar-refractivity contribution is -0.137. The van der Waals surface area contributed by atoms with Crippen molar-refractivity contribution < 1.29 is 13.2 Å².